The van der Waals surface area contributed by atoms with E-state index in [0.29, 0.717) is 5.75 Å². The van der Waals surface area contributed by atoms with Crippen molar-refractivity contribution < 1.29 is 4.79 Å². The summed E-state index contributed by atoms with van der Waals surface area (Å²) in [6, 6.07) is 5.66. The average Bonchev–Trinajstić information content (AvgIpc) is 2.78. The molecule has 1 aromatic heterocycles. The van der Waals surface area contributed by atoms with Gasteiger partial charge in [0, 0.05) is 11.2 Å². The number of thioether (sulfide) groups is 1. The number of carbonyl (C=O) groups excluding carboxylic acids is 1. The van der Waals surface area contributed by atoms with Crippen molar-refractivity contribution in [1.29, 1.82) is 0 Å². The van der Waals surface area contributed by atoms with Crippen LogP contribution in [0.4, 0.5) is 5.69 Å². The molecular formula is C14H19N3OS2. The van der Waals surface area contributed by atoms with E-state index in [9.17, 15) is 4.79 Å². The lowest BCUT2D eigenvalue weighted by Crippen LogP contribution is -2.43. The standard InChI is InChI=1S/C14H19N3OS2/c1-4-14(2,3)17-12(18)8-19-13-16-10-6-5-9(15)7-11(10)20-13/h5-7H,4,8,15H2,1-3H3,(H,17,18). The van der Waals surface area contributed by atoms with E-state index in [1.807, 2.05) is 32.0 Å². The molecule has 0 unspecified atom stereocenters. The Balaban J connectivity index is 1.97. The van der Waals surface area contributed by atoms with Gasteiger partial charge in [-0.2, -0.15) is 0 Å². The van der Waals surface area contributed by atoms with Gasteiger partial charge in [0.05, 0.1) is 16.0 Å². The summed E-state index contributed by atoms with van der Waals surface area (Å²) >= 11 is 3.03. The van der Waals surface area contributed by atoms with Crippen molar-refractivity contribution in [2.24, 2.45) is 0 Å². The maximum absolute atomic E-state index is 11.9. The van der Waals surface area contributed by atoms with Gasteiger partial charge >= 0.3 is 0 Å². The van der Waals surface area contributed by atoms with Gasteiger partial charge in [0.15, 0.2) is 4.34 Å². The van der Waals surface area contributed by atoms with Gasteiger partial charge in [-0.05, 0) is 38.5 Å². The molecule has 0 fully saturated rings. The van der Waals surface area contributed by atoms with Crippen LogP contribution in [-0.2, 0) is 4.79 Å². The number of hydrogen-bond donors (Lipinski definition) is 2. The highest BCUT2D eigenvalue weighted by molar-refractivity contribution is 8.01. The fraction of sp³-hybridized carbons (Fsp3) is 0.429. The molecule has 2 aromatic rings. The first-order chi connectivity index (χ1) is 9.39. The third-order valence-electron chi connectivity index (χ3n) is 3.08. The van der Waals surface area contributed by atoms with Crippen LogP contribution in [0.15, 0.2) is 22.5 Å². The Morgan fingerprint density at radius 1 is 1.50 bits per heavy atom. The SMILES string of the molecule is CCC(C)(C)NC(=O)CSc1nc2ccc(N)cc2s1. The number of thiazole rings is 1. The Labute approximate surface area is 127 Å². The van der Waals surface area contributed by atoms with Crippen LogP contribution in [-0.4, -0.2) is 22.2 Å². The summed E-state index contributed by atoms with van der Waals surface area (Å²) < 4.78 is 1.96. The topological polar surface area (TPSA) is 68.0 Å². The molecule has 0 aliphatic rings. The lowest BCUT2D eigenvalue weighted by molar-refractivity contribution is -0.120. The second-order valence-corrected chi connectivity index (χ2v) is 7.53. The molecular weight excluding hydrogens is 290 g/mol. The first kappa shape index (κ1) is 15.1. The first-order valence-corrected chi connectivity index (χ1v) is 8.30. The number of nitrogens with one attached hydrogen (secondary N) is 1. The molecule has 0 bridgehead atoms. The number of nitrogens with zero attached hydrogens (tertiary/aromatic N) is 1. The van der Waals surface area contributed by atoms with Crippen molar-refractivity contribution in [3.63, 3.8) is 0 Å². The highest BCUT2D eigenvalue weighted by atomic mass is 32.2. The van der Waals surface area contributed by atoms with Gasteiger partial charge in [0.1, 0.15) is 0 Å². The van der Waals surface area contributed by atoms with Gasteiger partial charge in [0.25, 0.3) is 0 Å². The van der Waals surface area contributed by atoms with E-state index < -0.39 is 0 Å². The lowest BCUT2D eigenvalue weighted by Gasteiger charge is -2.24. The second kappa shape index (κ2) is 6.01. The number of aromatic nitrogens is 1. The van der Waals surface area contributed by atoms with E-state index in [4.69, 9.17) is 5.73 Å². The van der Waals surface area contributed by atoms with Crippen LogP contribution in [0.1, 0.15) is 27.2 Å². The summed E-state index contributed by atoms with van der Waals surface area (Å²) in [5.41, 5.74) is 7.26. The van der Waals surface area contributed by atoms with Crippen molar-refractivity contribution in [3.8, 4) is 0 Å². The Morgan fingerprint density at radius 2 is 2.25 bits per heavy atom. The predicted molar refractivity (Wildman–Crippen MR) is 87.3 cm³/mol. The molecule has 1 heterocycles. The fourth-order valence-corrected chi connectivity index (χ4v) is 3.53. The highest BCUT2D eigenvalue weighted by Gasteiger charge is 2.18. The molecule has 0 aliphatic carbocycles. The third-order valence-corrected chi connectivity index (χ3v) is 5.24. The molecule has 6 heteroatoms. The Morgan fingerprint density at radius 3 is 2.95 bits per heavy atom. The minimum atomic E-state index is -0.153. The number of nitrogens with two attached hydrogens (primary N) is 1. The average molecular weight is 309 g/mol. The number of hydrogen-bond acceptors (Lipinski definition) is 5. The van der Waals surface area contributed by atoms with Crippen LogP contribution < -0.4 is 11.1 Å². The summed E-state index contributed by atoms with van der Waals surface area (Å²) in [5.74, 6) is 0.430. The Kier molecular flexibility index (Phi) is 4.55. The summed E-state index contributed by atoms with van der Waals surface area (Å²) in [6.45, 7) is 6.11. The maximum atomic E-state index is 11.9. The summed E-state index contributed by atoms with van der Waals surface area (Å²) in [6.07, 6.45) is 0.907. The summed E-state index contributed by atoms with van der Waals surface area (Å²) in [7, 11) is 0. The van der Waals surface area contributed by atoms with Crippen LogP contribution in [0.2, 0.25) is 0 Å². The van der Waals surface area contributed by atoms with Crippen LogP contribution in [0.25, 0.3) is 10.2 Å². The van der Waals surface area contributed by atoms with Crippen LogP contribution in [0, 0.1) is 0 Å². The van der Waals surface area contributed by atoms with Crippen LogP contribution >= 0.6 is 23.1 Å². The van der Waals surface area contributed by atoms with E-state index in [-0.39, 0.29) is 11.4 Å². The molecule has 0 atom stereocenters. The third kappa shape index (κ3) is 3.86. The number of nitrogen functional groups attached to an aromatic ring is 1. The monoisotopic (exact) mass is 309 g/mol. The molecule has 0 radical (unpaired) electrons. The van der Waals surface area contributed by atoms with E-state index in [1.54, 1.807) is 11.3 Å². The van der Waals surface area contributed by atoms with Gasteiger partial charge < -0.3 is 11.1 Å². The van der Waals surface area contributed by atoms with Crippen molar-refractivity contribution in [1.82, 2.24) is 10.3 Å². The fourth-order valence-electron chi connectivity index (χ4n) is 1.61. The highest BCUT2D eigenvalue weighted by Crippen LogP contribution is 2.30. The second-order valence-electron chi connectivity index (χ2n) is 5.28. The molecule has 0 aliphatic heterocycles. The quantitative estimate of drug-likeness (QED) is 0.657. The number of amides is 1. The Hall–Kier alpha value is -1.27. The van der Waals surface area contributed by atoms with E-state index in [2.05, 4.69) is 17.2 Å². The maximum Gasteiger partial charge on any atom is 0.230 e. The lowest BCUT2D eigenvalue weighted by atomic mass is 10.0. The molecule has 1 aromatic carbocycles. The zero-order valence-corrected chi connectivity index (χ0v) is 13.5. The smallest absolute Gasteiger partial charge is 0.230 e. The zero-order valence-electron chi connectivity index (χ0n) is 11.9. The minimum absolute atomic E-state index is 0.0422. The molecule has 0 saturated carbocycles. The van der Waals surface area contributed by atoms with Crippen LogP contribution in [0.3, 0.4) is 0 Å². The van der Waals surface area contributed by atoms with Crippen molar-refractivity contribution in [2.45, 2.75) is 37.1 Å². The summed E-state index contributed by atoms with van der Waals surface area (Å²) in [5, 5.41) is 3.02. The zero-order chi connectivity index (χ0) is 14.8. The number of anilines is 1. The van der Waals surface area contributed by atoms with Gasteiger partial charge in [0.2, 0.25) is 5.91 Å². The van der Waals surface area contributed by atoms with Gasteiger partial charge in [-0.25, -0.2) is 4.98 Å². The number of fused-ring (bicyclic) bond motifs is 1. The van der Waals surface area contributed by atoms with Crippen molar-refractivity contribution in [3.05, 3.63) is 18.2 Å². The van der Waals surface area contributed by atoms with E-state index >= 15 is 0 Å². The van der Waals surface area contributed by atoms with Gasteiger partial charge in [-0.1, -0.05) is 18.7 Å². The van der Waals surface area contributed by atoms with Gasteiger partial charge in [-0.15, -0.1) is 11.3 Å². The summed E-state index contributed by atoms with van der Waals surface area (Å²) in [4.78, 5) is 16.4. The molecule has 0 spiro atoms. The van der Waals surface area contributed by atoms with Crippen molar-refractivity contribution >= 4 is 44.9 Å². The number of benzene rings is 1. The van der Waals surface area contributed by atoms with Crippen LogP contribution in [0.5, 0.6) is 0 Å². The number of carbonyl (C=O) groups is 1. The van der Waals surface area contributed by atoms with Gasteiger partial charge in [-0.3, -0.25) is 4.79 Å². The largest absolute Gasteiger partial charge is 0.399 e. The predicted octanol–water partition coefficient (Wildman–Crippen LogP) is 3.28. The normalized spacial score (nSPS) is 11.8. The van der Waals surface area contributed by atoms with Crippen molar-refractivity contribution in [2.75, 3.05) is 11.5 Å². The minimum Gasteiger partial charge on any atom is -0.399 e. The Bertz CT molecular complexity index is 622. The number of rotatable bonds is 5. The molecule has 2 rings (SSSR count). The van der Waals surface area contributed by atoms with E-state index in [0.717, 1.165) is 26.7 Å². The molecule has 4 nitrogen and oxygen atoms in total. The molecule has 3 N–H and O–H groups in total. The molecule has 0 saturated heterocycles. The molecule has 108 valence electrons. The molecule has 20 heavy (non-hydrogen) atoms. The molecule has 1 amide bonds. The van der Waals surface area contributed by atoms with E-state index in [1.165, 1.54) is 11.8 Å². The first-order valence-electron chi connectivity index (χ1n) is 6.49.